The van der Waals surface area contributed by atoms with Gasteiger partial charge in [-0.1, -0.05) is 76.6 Å². The highest BCUT2D eigenvalue weighted by Gasteiger charge is 2.43. The minimum absolute atomic E-state index is 0.00112. The zero-order chi connectivity index (χ0) is 41.0. The van der Waals surface area contributed by atoms with Crippen LogP contribution in [0.15, 0.2) is 30.3 Å². The maximum Gasteiger partial charge on any atom is 0.246 e. The molecule has 16 heteroatoms. The van der Waals surface area contributed by atoms with Crippen molar-refractivity contribution in [3.05, 3.63) is 41.7 Å². The average Bonchev–Trinajstić information content (AvgIpc) is 3.87. The molecule has 1 aromatic heterocycles. The van der Waals surface area contributed by atoms with E-state index in [1.54, 1.807) is 44.9 Å². The molecule has 3 rings (SSSR count). The maximum atomic E-state index is 14.3. The van der Waals surface area contributed by atoms with Gasteiger partial charge in [-0.05, 0) is 51.3 Å². The van der Waals surface area contributed by atoms with E-state index in [9.17, 15) is 19.2 Å². The second-order valence-corrected chi connectivity index (χ2v) is 15.6. The number of carbonyl (C=O) groups excluding carboxylic acids is 4. The lowest BCUT2D eigenvalue weighted by Gasteiger charge is -2.41. The zero-order valence-corrected chi connectivity index (χ0v) is 34.7. The molecule has 1 aliphatic rings. The number of nitrogens with zero attached hydrogens (tertiary/aromatic N) is 6. The van der Waals surface area contributed by atoms with E-state index in [0.29, 0.717) is 31.6 Å². The van der Waals surface area contributed by atoms with Gasteiger partial charge in [-0.15, -0.1) is 10.2 Å². The summed E-state index contributed by atoms with van der Waals surface area (Å²) in [7, 11) is 8.44. The van der Waals surface area contributed by atoms with Crippen LogP contribution in [0.4, 0.5) is 0 Å². The van der Waals surface area contributed by atoms with Crippen LogP contribution in [-0.2, 0) is 35.1 Å². The summed E-state index contributed by atoms with van der Waals surface area (Å²) in [5.41, 5.74) is 7.33. The summed E-state index contributed by atoms with van der Waals surface area (Å²) >= 11 is 0. The topological polar surface area (TPSA) is 201 Å². The Kier molecular flexibility index (Phi) is 17.6. The molecule has 1 aliphatic heterocycles. The number of hydrogen-bond donors (Lipinski definition) is 4. The lowest BCUT2D eigenvalue weighted by molar-refractivity contribution is -0.147. The molecule has 308 valence electrons. The van der Waals surface area contributed by atoms with Crippen LogP contribution in [0.3, 0.4) is 0 Å². The number of nitrogens with one attached hydrogen (secondary N) is 3. The Labute approximate surface area is 327 Å². The number of likely N-dealkylation sites (N-methyl/N-ethyl adjacent to an activating group) is 2. The van der Waals surface area contributed by atoms with Crippen molar-refractivity contribution >= 4 is 23.6 Å². The van der Waals surface area contributed by atoms with Gasteiger partial charge in [0.25, 0.3) is 0 Å². The second-order valence-electron chi connectivity index (χ2n) is 15.6. The van der Waals surface area contributed by atoms with Crippen molar-refractivity contribution in [2.45, 2.75) is 122 Å². The first kappa shape index (κ1) is 45.4. The van der Waals surface area contributed by atoms with Crippen LogP contribution in [0.1, 0.15) is 84.7 Å². The van der Waals surface area contributed by atoms with Gasteiger partial charge in [0.05, 0.1) is 48.7 Å². The maximum absolute atomic E-state index is 14.3. The number of carbonyl (C=O) groups is 4. The van der Waals surface area contributed by atoms with E-state index in [1.165, 1.54) is 0 Å². The van der Waals surface area contributed by atoms with Gasteiger partial charge in [0, 0.05) is 40.3 Å². The Hall–Kier alpha value is -3.99. The molecule has 0 bridgehead atoms. The molecular formula is C39H66N10O6. The standard InChI is InChI=1S/C39H66N10O6/c1-12-24(4)34(48(9)39(53)32(26(6)40)42-38(52)33(23(2)3)47(7)8)30(54-10)22-31(50)49-20-16-19-29(49)35(55-11)25(5)37(51)41-28(36-43-45-46-44-36)21-27-17-14-13-15-18-27/h13-15,17-18,23-26,28-30,32-35H,12,16,19-22,40H2,1-11H3,(H,41,51)(H,42,52)(H,43,44,45,46)/t24-,25+,26-,28-,29?,30+,32-,33?,34-,35+/m0/s1. The van der Waals surface area contributed by atoms with Crippen LogP contribution in [0.5, 0.6) is 0 Å². The van der Waals surface area contributed by atoms with E-state index in [2.05, 4.69) is 31.3 Å². The summed E-state index contributed by atoms with van der Waals surface area (Å²) in [5, 5.41) is 20.4. The van der Waals surface area contributed by atoms with Crippen molar-refractivity contribution in [1.82, 2.24) is 46.0 Å². The van der Waals surface area contributed by atoms with Crippen LogP contribution >= 0.6 is 0 Å². The molecule has 1 aromatic carbocycles. The monoisotopic (exact) mass is 771 g/mol. The molecule has 4 amide bonds. The molecule has 2 aromatic rings. The van der Waals surface area contributed by atoms with Crippen molar-refractivity contribution in [3.63, 3.8) is 0 Å². The summed E-state index contributed by atoms with van der Waals surface area (Å²) < 4.78 is 12.0. The van der Waals surface area contributed by atoms with Gasteiger partial charge < -0.3 is 35.6 Å². The number of amides is 4. The van der Waals surface area contributed by atoms with Crippen molar-refractivity contribution in [3.8, 4) is 0 Å². The van der Waals surface area contributed by atoms with Gasteiger partial charge in [-0.2, -0.15) is 5.21 Å². The number of tetrazole rings is 1. The van der Waals surface area contributed by atoms with Gasteiger partial charge in [0.2, 0.25) is 23.6 Å². The third kappa shape index (κ3) is 11.8. The molecule has 1 fully saturated rings. The van der Waals surface area contributed by atoms with E-state index < -0.39 is 48.3 Å². The molecule has 2 unspecified atom stereocenters. The third-order valence-corrected chi connectivity index (χ3v) is 11.1. The van der Waals surface area contributed by atoms with Crippen LogP contribution in [0.2, 0.25) is 0 Å². The molecule has 0 aliphatic carbocycles. The molecular weight excluding hydrogens is 704 g/mol. The average molecular weight is 771 g/mol. The normalized spacial score (nSPS) is 19.5. The third-order valence-electron chi connectivity index (χ3n) is 11.1. The number of benzene rings is 1. The quantitative estimate of drug-likeness (QED) is 0.145. The second kappa shape index (κ2) is 21.3. The molecule has 55 heavy (non-hydrogen) atoms. The van der Waals surface area contributed by atoms with E-state index in [1.807, 2.05) is 77.0 Å². The molecule has 10 atom stereocenters. The summed E-state index contributed by atoms with van der Waals surface area (Å²) in [4.78, 5) is 60.9. The predicted molar refractivity (Wildman–Crippen MR) is 209 cm³/mol. The van der Waals surface area contributed by atoms with Crippen molar-refractivity contribution in [1.29, 1.82) is 0 Å². The lowest BCUT2D eigenvalue weighted by atomic mass is 9.89. The Bertz CT molecular complexity index is 1490. The number of nitrogens with two attached hydrogens (primary N) is 1. The number of aromatic amines is 1. The lowest BCUT2D eigenvalue weighted by Crippen LogP contribution is -2.62. The Balaban J connectivity index is 1.79. The Morgan fingerprint density at radius 1 is 1.00 bits per heavy atom. The smallest absolute Gasteiger partial charge is 0.246 e. The first-order valence-electron chi connectivity index (χ1n) is 19.5. The van der Waals surface area contributed by atoms with Crippen molar-refractivity contribution in [2.75, 3.05) is 41.9 Å². The number of H-pyrrole nitrogens is 1. The summed E-state index contributed by atoms with van der Waals surface area (Å²) in [5.74, 6) is -1.37. The minimum atomic E-state index is -0.983. The molecule has 0 spiro atoms. The fraction of sp³-hybridized carbons (Fsp3) is 0.718. The van der Waals surface area contributed by atoms with E-state index >= 15 is 0 Å². The van der Waals surface area contributed by atoms with Crippen LogP contribution in [0, 0.1) is 17.8 Å². The summed E-state index contributed by atoms with van der Waals surface area (Å²) in [6, 6.07) is 6.22. The fourth-order valence-corrected chi connectivity index (χ4v) is 7.99. The number of likely N-dealkylation sites (tertiary alicyclic amines) is 1. The van der Waals surface area contributed by atoms with Gasteiger partial charge in [-0.25, -0.2) is 0 Å². The molecule has 5 N–H and O–H groups in total. The number of ether oxygens (including phenoxy) is 2. The molecule has 16 nitrogen and oxygen atoms in total. The number of aromatic nitrogens is 4. The number of rotatable bonds is 21. The largest absolute Gasteiger partial charge is 0.379 e. The van der Waals surface area contributed by atoms with E-state index in [4.69, 9.17) is 15.2 Å². The Morgan fingerprint density at radius 2 is 1.67 bits per heavy atom. The van der Waals surface area contributed by atoms with Crippen LogP contribution < -0.4 is 16.4 Å². The van der Waals surface area contributed by atoms with Gasteiger partial charge in [0.15, 0.2) is 5.82 Å². The highest BCUT2D eigenvalue weighted by molar-refractivity contribution is 5.90. The SMILES string of the molecule is CC[C@H](C)[C@@H]([C@@H](CC(=O)N1CCCC1[C@H](OC)[C@@H](C)C(=O)N[C@@H](Cc1ccccc1)c1nn[nH]n1)OC)N(C)C(=O)[C@@H](NC(=O)C(C(C)C)N(C)C)[C@H](C)N. The predicted octanol–water partition coefficient (Wildman–Crippen LogP) is 1.94. The van der Waals surface area contributed by atoms with Crippen molar-refractivity contribution in [2.24, 2.45) is 23.5 Å². The number of methoxy groups -OCH3 is 2. The summed E-state index contributed by atoms with van der Waals surface area (Å²) in [6.45, 7) is 11.9. The zero-order valence-electron chi connectivity index (χ0n) is 34.7. The molecule has 0 radical (unpaired) electrons. The first-order valence-corrected chi connectivity index (χ1v) is 19.5. The molecule has 1 saturated heterocycles. The Morgan fingerprint density at radius 3 is 2.20 bits per heavy atom. The molecule has 2 heterocycles. The summed E-state index contributed by atoms with van der Waals surface area (Å²) in [6.07, 6.45) is 1.31. The van der Waals surface area contributed by atoms with Gasteiger partial charge in [0.1, 0.15) is 6.04 Å². The van der Waals surface area contributed by atoms with E-state index in [-0.39, 0.29) is 47.9 Å². The highest BCUT2D eigenvalue weighted by Crippen LogP contribution is 2.30. The van der Waals surface area contributed by atoms with Crippen LogP contribution in [-0.4, -0.2) is 143 Å². The fourth-order valence-electron chi connectivity index (χ4n) is 7.99. The van der Waals surface area contributed by atoms with E-state index in [0.717, 1.165) is 12.0 Å². The van der Waals surface area contributed by atoms with Gasteiger partial charge >= 0.3 is 0 Å². The highest BCUT2D eigenvalue weighted by atomic mass is 16.5. The van der Waals surface area contributed by atoms with Crippen molar-refractivity contribution < 1.29 is 28.7 Å². The number of hydrogen-bond acceptors (Lipinski definition) is 11. The molecule has 0 saturated carbocycles. The van der Waals surface area contributed by atoms with Crippen LogP contribution in [0.25, 0.3) is 0 Å². The first-order chi connectivity index (χ1) is 26.1. The van der Waals surface area contributed by atoms with Gasteiger partial charge in [-0.3, -0.25) is 24.1 Å². The minimum Gasteiger partial charge on any atom is -0.379 e.